The first-order valence-electron chi connectivity index (χ1n) is 4.19. The van der Waals surface area contributed by atoms with Crippen molar-refractivity contribution in [3.63, 3.8) is 0 Å². The molecule has 1 amide bonds. The maximum atomic E-state index is 11.0. The van der Waals surface area contributed by atoms with Crippen molar-refractivity contribution in [2.45, 2.75) is 5.24 Å². The molecule has 0 saturated carbocycles. The quantitative estimate of drug-likeness (QED) is 0.361. The zero-order chi connectivity index (χ0) is 11.0. The first kappa shape index (κ1) is 12.4. The smallest absolute Gasteiger partial charge is 0.225 e. The Morgan fingerprint density at radius 2 is 1.50 bits per heavy atom. The second kappa shape index (κ2) is 5.95. The first-order chi connectivity index (χ1) is 6.60. The molecule has 0 aliphatic carbocycles. The lowest BCUT2D eigenvalue weighted by molar-refractivity contribution is 0.259. The average molecular weight is 178 g/mol. The molecule has 0 heterocycles. The Morgan fingerprint density at radius 1 is 1.14 bits per heavy atom. The Kier molecular flexibility index (Phi) is 5.28. The normalized spacial score (nSPS) is 8.36. The van der Waals surface area contributed by atoms with Gasteiger partial charge in [-0.3, -0.25) is 4.79 Å². The van der Waals surface area contributed by atoms with Gasteiger partial charge in [-0.25, -0.2) is 0 Å². The van der Waals surface area contributed by atoms with Crippen LogP contribution in [0, 0.1) is 36.7 Å². The van der Waals surface area contributed by atoms with Crippen molar-refractivity contribution in [3.05, 3.63) is 0 Å². The number of amides is 1. The SMILES string of the molecule is BC(=O)NC(BC#C)(BC#C)BC#C. The van der Waals surface area contributed by atoms with Crippen LogP contribution in [0.5, 0.6) is 0 Å². The molecule has 0 fully saturated rings. The molecule has 0 aliphatic rings. The third-order valence-corrected chi connectivity index (χ3v) is 1.76. The summed E-state index contributed by atoms with van der Waals surface area (Å²) < 4.78 is 0. The zero-order valence-corrected chi connectivity index (χ0v) is 8.26. The number of terminal acetylenes is 3. The monoisotopic (exact) mass is 179 g/mol. The molecule has 0 atom stereocenters. The second-order valence-electron chi connectivity index (χ2n) is 3.10. The molecule has 0 unspecified atom stereocenters. The number of carbonyl (C=O) groups excluding carboxylic acids is 1. The Labute approximate surface area is 88.1 Å². The van der Waals surface area contributed by atoms with E-state index in [1.807, 2.05) is 0 Å². The Balaban J connectivity index is 4.77. The molecule has 0 rings (SSSR count). The highest BCUT2D eigenvalue weighted by atomic mass is 16.1. The molecule has 2 nitrogen and oxygen atoms in total. The van der Waals surface area contributed by atoms with Crippen molar-refractivity contribution in [2.75, 3.05) is 0 Å². The number of nitrogens with one attached hydrogen (secondary N) is 1. The zero-order valence-electron chi connectivity index (χ0n) is 8.26. The molecule has 0 radical (unpaired) electrons. The maximum Gasteiger partial charge on any atom is 0.225 e. The van der Waals surface area contributed by atoms with Gasteiger partial charge in [-0.05, 0) is 0 Å². The number of hydrogen-bond donors (Lipinski definition) is 1. The fraction of sp³-hybridized carbons (Fsp3) is 0.125. The number of hydrogen-bond acceptors (Lipinski definition) is 1. The molecular weight excluding hydrogens is 169 g/mol. The minimum Gasteiger partial charge on any atom is -0.378 e. The van der Waals surface area contributed by atoms with Crippen LogP contribution in [-0.4, -0.2) is 40.7 Å². The molecular formula is C8H9B4NO. The Hall–Kier alpha value is -1.59. The highest BCUT2D eigenvalue weighted by Gasteiger charge is 2.32. The standard InChI is InChI=1S/C8H9B4NO/c1-4-10-8(11-5-2,12-6-3)13-7(9)14/h1-3,10-12H,9H2,(H,13,14). The van der Waals surface area contributed by atoms with Gasteiger partial charge in [0, 0.05) is 5.24 Å². The minimum atomic E-state index is -0.635. The molecule has 0 aromatic heterocycles. The van der Waals surface area contributed by atoms with Crippen molar-refractivity contribution < 1.29 is 4.79 Å². The van der Waals surface area contributed by atoms with Gasteiger partial charge in [-0.1, -0.05) is 0 Å². The molecule has 0 spiro atoms. The minimum absolute atomic E-state index is 0.175. The van der Waals surface area contributed by atoms with E-state index in [9.17, 15) is 4.79 Å². The predicted molar refractivity (Wildman–Crippen MR) is 67.8 cm³/mol. The number of rotatable bonds is 4. The van der Waals surface area contributed by atoms with Gasteiger partial charge in [0.25, 0.3) is 0 Å². The average Bonchev–Trinajstić information content (AvgIpc) is 2.03. The highest BCUT2D eigenvalue weighted by Crippen LogP contribution is 1.97. The third-order valence-electron chi connectivity index (χ3n) is 1.76. The van der Waals surface area contributed by atoms with Crippen LogP contribution in [0.3, 0.4) is 0 Å². The molecule has 1 N–H and O–H groups in total. The van der Waals surface area contributed by atoms with E-state index in [1.54, 1.807) is 0 Å². The van der Waals surface area contributed by atoms with Gasteiger partial charge in [-0.15, -0.1) is 19.3 Å². The van der Waals surface area contributed by atoms with Crippen LogP contribution in [-0.2, 0) is 0 Å². The molecule has 0 aromatic rings. The second-order valence-corrected chi connectivity index (χ2v) is 3.10. The van der Waals surface area contributed by atoms with E-state index in [4.69, 9.17) is 19.3 Å². The van der Waals surface area contributed by atoms with Crippen LogP contribution in [0.4, 0.5) is 4.79 Å². The van der Waals surface area contributed by atoms with Crippen molar-refractivity contribution in [3.8, 4) is 36.7 Å². The van der Waals surface area contributed by atoms with E-state index in [1.165, 1.54) is 7.85 Å². The summed E-state index contributed by atoms with van der Waals surface area (Å²) in [7, 11) is 2.46. The molecule has 0 saturated heterocycles. The van der Waals surface area contributed by atoms with Crippen LogP contribution in [0.15, 0.2) is 0 Å². The summed E-state index contributed by atoms with van der Waals surface area (Å²) in [5.74, 6) is 7.26. The lowest BCUT2D eigenvalue weighted by atomic mass is 9.25. The molecule has 14 heavy (non-hydrogen) atoms. The van der Waals surface area contributed by atoms with Crippen molar-refractivity contribution >= 4 is 35.5 Å². The van der Waals surface area contributed by atoms with Crippen LogP contribution in [0.2, 0.25) is 0 Å². The van der Waals surface area contributed by atoms with E-state index in [0.717, 1.165) is 0 Å². The molecule has 64 valence electrons. The first-order valence-corrected chi connectivity index (χ1v) is 4.19. The molecule has 0 aliphatic heterocycles. The van der Waals surface area contributed by atoms with Crippen molar-refractivity contribution in [1.82, 2.24) is 5.32 Å². The molecule has 0 aromatic carbocycles. The van der Waals surface area contributed by atoms with Gasteiger partial charge >= 0.3 is 0 Å². The van der Waals surface area contributed by atoms with E-state index in [-0.39, 0.29) is 5.81 Å². The lowest BCUT2D eigenvalue weighted by Gasteiger charge is -2.27. The third kappa shape index (κ3) is 3.88. The van der Waals surface area contributed by atoms with Gasteiger partial charge in [0.05, 0.1) is 0 Å². The maximum absolute atomic E-state index is 11.0. The van der Waals surface area contributed by atoms with Gasteiger partial charge in [-0.2, -0.15) is 17.5 Å². The van der Waals surface area contributed by atoms with E-state index in [0.29, 0.717) is 21.8 Å². The van der Waals surface area contributed by atoms with Crippen molar-refractivity contribution in [1.29, 1.82) is 0 Å². The summed E-state index contributed by atoms with van der Waals surface area (Å²) in [6, 6.07) is 0. The van der Waals surface area contributed by atoms with Gasteiger partial charge in [0.1, 0.15) is 0 Å². The summed E-state index contributed by atoms with van der Waals surface area (Å²) in [5, 5.41) is 2.09. The van der Waals surface area contributed by atoms with E-state index < -0.39 is 5.24 Å². The Bertz CT molecular complexity index is 292. The summed E-state index contributed by atoms with van der Waals surface area (Å²) >= 11 is 0. The summed E-state index contributed by atoms with van der Waals surface area (Å²) in [4.78, 5) is 11.0. The van der Waals surface area contributed by atoms with E-state index >= 15 is 0 Å². The van der Waals surface area contributed by atoms with E-state index in [2.05, 4.69) is 22.8 Å². The fourth-order valence-electron chi connectivity index (χ4n) is 1.28. The molecule has 0 bridgehead atoms. The topological polar surface area (TPSA) is 29.1 Å². The number of carbonyl (C=O) groups is 1. The van der Waals surface area contributed by atoms with Crippen LogP contribution < -0.4 is 5.32 Å². The summed E-state index contributed by atoms with van der Waals surface area (Å²) in [6.07, 6.45) is 15.6. The lowest BCUT2D eigenvalue weighted by Crippen LogP contribution is -2.61. The summed E-state index contributed by atoms with van der Waals surface area (Å²) in [5.41, 5.74) is 0. The highest BCUT2D eigenvalue weighted by molar-refractivity contribution is 6.88. The molecule has 6 heteroatoms. The largest absolute Gasteiger partial charge is 0.378 e. The van der Waals surface area contributed by atoms with Crippen LogP contribution in [0.1, 0.15) is 0 Å². The van der Waals surface area contributed by atoms with Gasteiger partial charge < -0.3 is 5.32 Å². The van der Waals surface area contributed by atoms with Crippen LogP contribution in [0.25, 0.3) is 0 Å². The fourth-order valence-corrected chi connectivity index (χ4v) is 1.28. The van der Waals surface area contributed by atoms with Crippen molar-refractivity contribution in [2.24, 2.45) is 0 Å². The predicted octanol–water partition coefficient (Wildman–Crippen LogP) is -2.98. The summed E-state index contributed by atoms with van der Waals surface area (Å²) in [6.45, 7) is 0. The Morgan fingerprint density at radius 3 is 1.71 bits per heavy atom. The van der Waals surface area contributed by atoms with Gasteiger partial charge in [0.2, 0.25) is 29.7 Å². The van der Waals surface area contributed by atoms with Gasteiger partial charge in [0.15, 0.2) is 5.81 Å². The van der Waals surface area contributed by atoms with Crippen LogP contribution >= 0.6 is 0 Å².